The predicted octanol–water partition coefficient (Wildman–Crippen LogP) is 4.10. The highest BCUT2D eigenvalue weighted by Crippen LogP contribution is 2.18. The molecule has 0 saturated heterocycles. The minimum atomic E-state index is 0.436. The largest absolute Gasteiger partial charge is 0.307 e. The first-order chi connectivity index (χ1) is 8.08. The highest BCUT2D eigenvalue weighted by Gasteiger charge is 2.11. The Hall–Kier alpha value is -0.470. The fraction of sp³-hybridized carbons (Fsp3) is 0.600. The van der Waals surface area contributed by atoms with Crippen LogP contribution in [0.15, 0.2) is 18.2 Å². The number of aryl methyl sites for hydroxylation is 2. The van der Waals surface area contributed by atoms with Crippen molar-refractivity contribution in [2.45, 2.75) is 46.2 Å². The smallest absolute Gasteiger partial charge is 0.0294 e. The van der Waals surface area contributed by atoms with Gasteiger partial charge < -0.3 is 5.32 Å². The molecule has 0 fully saturated rings. The van der Waals surface area contributed by atoms with Gasteiger partial charge in [-0.2, -0.15) is 11.8 Å². The topological polar surface area (TPSA) is 12.0 Å². The fourth-order valence-corrected chi connectivity index (χ4v) is 2.70. The summed E-state index contributed by atoms with van der Waals surface area (Å²) in [6, 6.07) is 7.82. The van der Waals surface area contributed by atoms with Gasteiger partial charge in [0.1, 0.15) is 0 Å². The van der Waals surface area contributed by atoms with Gasteiger partial charge in [0.2, 0.25) is 0 Å². The maximum atomic E-state index is 3.71. The van der Waals surface area contributed by atoms with E-state index >= 15 is 0 Å². The monoisotopic (exact) mass is 251 g/mol. The molecule has 2 heteroatoms. The van der Waals surface area contributed by atoms with Crippen molar-refractivity contribution < 1.29 is 0 Å². The van der Waals surface area contributed by atoms with Crippen LogP contribution in [0.25, 0.3) is 0 Å². The Morgan fingerprint density at radius 1 is 1.24 bits per heavy atom. The van der Waals surface area contributed by atoms with E-state index in [0.29, 0.717) is 12.1 Å². The van der Waals surface area contributed by atoms with Crippen LogP contribution < -0.4 is 5.32 Å². The van der Waals surface area contributed by atoms with Crippen molar-refractivity contribution in [3.8, 4) is 0 Å². The molecule has 0 amide bonds. The molecule has 96 valence electrons. The molecular formula is C15H25NS. The van der Waals surface area contributed by atoms with Crippen LogP contribution in [0, 0.1) is 13.8 Å². The summed E-state index contributed by atoms with van der Waals surface area (Å²) in [5.41, 5.74) is 4.15. The van der Waals surface area contributed by atoms with Crippen LogP contribution in [0.5, 0.6) is 0 Å². The number of hydrogen-bond donors (Lipinski definition) is 1. The van der Waals surface area contributed by atoms with Crippen molar-refractivity contribution in [1.29, 1.82) is 0 Å². The SMILES string of the molecule is CCC(CSC)NC(C)c1ccc(C)c(C)c1. The molecular weight excluding hydrogens is 226 g/mol. The van der Waals surface area contributed by atoms with Gasteiger partial charge in [0.15, 0.2) is 0 Å². The average molecular weight is 251 g/mol. The third kappa shape index (κ3) is 4.36. The highest BCUT2D eigenvalue weighted by molar-refractivity contribution is 7.98. The molecule has 1 N–H and O–H groups in total. The summed E-state index contributed by atoms with van der Waals surface area (Å²) < 4.78 is 0. The van der Waals surface area contributed by atoms with Crippen LogP contribution in [0.2, 0.25) is 0 Å². The Labute approximate surface area is 110 Å². The molecule has 0 spiro atoms. The van der Waals surface area contributed by atoms with Crippen molar-refractivity contribution in [1.82, 2.24) is 5.32 Å². The summed E-state index contributed by atoms with van der Waals surface area (Å²) in [4.78, 5) is 0. The molecule has 0 heterocycles. The van der Waals surface area contributed by atoms with Crippen LogP contribution in [0.3, 0.4) is 0 Å². The van der Waals surface area contributed by atoms with E-state index in [4.69, 9.17) is 0 Å². The molecule has 0 radical (unpaired) electrons. The van der Waals surface area contributed by atoms with E-state index in [2.05, 4.69) is 57.5 Å². The molecule has 0 aliphatic carbocycles. The second-order valence-electron chi connectivity index (χ2n) is 4.79. The minimum Gasteiger partial charge on any atom is -0.307 e. The van der Waals surface area contributed by atoms with Gasteiger partial charge in [-0.1, -0.05) is 25.1 Å². The Balaban J connectivity index is 2.68. The normalized spacial score (nSPS) is 14.6. The molecule has 2 unspecified atom stereocenters. The second kappa shape index (κ2) is 7.07. The summed E-state index contributed by atoms with van der Waals surface area (Å²) in [6.45, 7) is 8.86. The highest BCUT2D eigenvalue weighted by atomic mass is 32.2. The standard InChI is InChI=1S/C15H25NS/c1-6-15(10-17-5)16-13(4)14-8-7-11(2)12(3)9-14/h7-9,13,15-16H,6,10H2,1-5H3. The van der Waals surface area contributed by atoms with Crippen molar-refractivity contribution in [2.75, 3.05) is 12.0 Å². The lowest BCUT2D eigenvalue weighted by molar-refractivity contribution is 0.474. The third-order valence-electron chi connectivity index (χ3n) is 3.38. The third-order valence-corrected chi connectivity index (χ3v) is 4.11. The van der Waals surface area contributed by atoms with Crippen molar-refractivity contribution in [2.24, 2.45) is 0 Å². The number of hydrogen-bond acceptors (Lipinski definition) is 2. The van der Waals surface area contributed by atoms with E-state index in [1.54, 1.807) is 0 Å². The summed E-state index contributed by atoms with van der Waals surface area (Å²) in [5.74, 6) is 1.19. The van der Waals surface area contributed by atoms with Gasteiger partial charge in [0.25, 0.3) is 0 Å². The Kier molecular flexibility index (Phi) is 6.07. The number of rotatable bonds is 6. The first-order valence-corrected chi connectivity index (χ1v) is 7.80. The zero-order chi connectivity index (χ0) is 12.8. The number of thioether (sulfide) groups is 1. The van der Waals surface area contributed by atoms with Crippen LogP contribution in [0.4, 0.5) is 0 Å². The van der Waals surface area contributed by atoms with Crippen molar-refractivity contribution >= 4 is 11.8 Å². The average Bonchev–Trinajstić information content (AvgIpc) is 2.31. The summed E-state index contributed by atoms with van der Waals surface area (Å²) in [5, 5.41) is 3.71. The van der Waals surface area contributed by atoms with E-state index in [1.165, 1.54) is 28.9 Å². The molecule has 0 aromatic heterocycles. The molecule has 0 aliphatic heterocycles. The Morgan fingerprint density at radius 3 is 2.47 bits per heavy atom. The molecule has 1 aromatic rings. The molecule has 2 atom stereocenters. The lowest BCUT2D eigenvalue weighted by Crippen LogP contribution is -2.33. The molecule has 1 rings (SSSR count). The molecule has 0 bridgehead atoms. The molecule has 0 aliphatic rings. The zero-order valence-corrected chi connectivity index (χ0v) is 12.5. The Bertz CT molecular complexity index is 349. The van der Waals surface area contributed by atoms with Crippen molar-refractivity contribution in [3.05, 3.63) is 34.9 Å². The first kappa shape index (κ1) is 14.6. The van der Waals surface area contributed by atoms with Gasteiger partial charge in [0.05, 0.1) is 0 Å². The fourth-order valence-electron chi connectivity index (χ4n) is 1.97. The van der Waals surface area contributed by atoms with Crippen LogP contribution in [-0.4, -0.2) is 18.1 Å². The zero-order valence-electron chi connectivity index (χ0n) is 11.7. The second-order valence-corrected chi connectivity index (χ2v) is 5.70. The Morgan fingerprint density at radius 2 is 1.94 bits per heavy atom. The summed E-state index contributed by atoms with van der Waals surface area (Å²) in [6.07, 6.45) is 3.36. The van der Waals surface area contributed by atoms with Crippen LogP contribution in [0.1, 0.15) is 43.0 Å². The van der Waals surface area contributed by atoms with E-state index in [1.807, 2.05) is 11.8 Å². The van der Waals surface area contributed by atoms with Crippen LogP contribution >= 0.6 is 11.8 Å². The van der Waals surface area contributed by atoms with Gasteiger partial charge in [-0.25, -0.2) is 0 Å². The first-order valence-electron chi connectivity index (χ1n) is 6.40. The molecule has 0 saturated carbocycles. The maximum Gasteiger partial charge on any atom is 0.0294 e. The van der Waals surface area contributed by atoms with Crippen molar-refractivity contribution in [3.63, 3.8) is 0 Å². The number of benzene rings is 1. The van der Waals surface area contributed by atoms with Gasteiger partial charge in [0, 0.05) is 17.8 Å². The van der Waals surface area contributed by atoms with E-state index in [-0.39, 0.29) is 0 Å². The quantitative estimate of drug-likeness (QED) is 0.817. The van der Waals surface area contributed by atoms with Gasteiger partial charge in [-0.15, -0.1) is 0 Å². The predicted molar refractivity (Wildman–Crippen MR) is 79.9 cm³/mol. The van der Waals surface area contributed by atoms with E-state index < -0.39 is 0 Å². The number of nitrogens with one attached hydrogen (secondary N) is 1. The lowest BCUT2D eigenvalue weighted by Gasteiger charge is -2.22. The van der Waals surface area contributed by atoms with Gasteiger partial charge in [-0.05, 0) is 50.1 Å². The molecule has 17 heavy (non-hydrogen) atoms. The van der Waals surface area contributed by atoms with E-state index in [9.17, 15) is 0 Å². The summed E-state index contributed by atoms with van der Waals surface area (Å²) in [7, 11) is 0. The van der Waals surface area contributed by atoms with Gasteiger partial charge >= 0.3 is 0 Å². The maximum absolute atomic E-state index is 3.71. The van der Waals surface area contributed by atoms with E-state index in [0.717, 1.165) is 0 Å². The lowest BCUT2D eigenvalue weighted by atomic mass is 10.0. The van der Waals surface area contributed by atoms with Gasteiger partial charge in [-0.3, -0.25) is 0 Å². The summed E-state index contributed by atoms with van der Waals surface area (Å²) >= 11 is 1.91. The molecule has 1 aromatic carbocycles. The van der Waals surface area contributed by atoms with Crippen LogP contribution in [-0.2, 0) is 0 Å². The minimum absolute atomic E-state index is 0.436. The molecule has 1 nitrogen and oxygen atoms in total.